The molecule has 0 saturated heterocycles. The smallest absolute Gasteiger partial charge is 0.236 e. The first kappa shape index (κ1) is 18.5. The van der Waals surface area contributed by atoms with E-state index in [1.54, 1.807) is 11.3 Å². The first-order valence-corrected chi connectivity index (χ1v) is 10.8. The van der Waals surface area contributed by atoms with Gasteiger partial charge in [-0.1, -0.05) is 23.4 Å². The lowest BCUT2D eigenvalue weighted by molar-refractivity contribution is -0.131. The van der Waals surface area contributed by atoms with E-state index < -0.39 is 0 Å². The van der Waals surface area contributed by atoms with Crippen molar-refractivity contribution in [1.29, 1.82) is 0 Å². The summed E-state index contributed by atoms with van der Waals surface area (Å²) in [6.07, 6.45) is 0.945. The molecule has 1 aliphatic rings. The summed E-state index contributed by atoms with van der Waals surface area (Å²) in [5.41, 5.74) is 2.22. The number of benzene rings is 1. The molecule has 4 rings (SSSR count). The standard InChI is InChI=1S/C19H19ClN4OS2/c1-12(18(25)24-9-7-16-14(11-24)8-10-26-16)27-19-22-21-17(23(19)2)13-3-5-15(20)6-4-13/h3-6,8,10,12H,7,9,11H2,1-2H3. The largest absolute Gasteiger partial charge is 0.337 e. The predicted octanol–water partition coefficient (Wildman–Crippen LogP) is 4.26. The fraction of sp³-hybridized carbons (Fsp3) is 0.316. The van der Waals surface area contributed by atoms with Gasteiger partial charge < -0.3 is 9.47 Å². The van der Waals surface area contributed by atoms with Crippen LogP contribution in [0.15, 0.2) is 40.9 Å². The molecule has 1 atom stereocenters. The van der Waals surface area contributed by atoms with Crippen LogP contribution in [0.3, 0.4) is 0 Å². The Morgan fingerprint density at radius 3 is 2.81 bits per heavy atom. The van der Waals surface area contributed by atoms with Gasteiger partial charge in [-0.2, -0.15) is 0 Å². The molecule has 3 aromatic rings. The second-order valence-electron chi connectivity index (χ2n) is 6.51. The van der Waals surface area contributed by atoms with Crippen LogP contribution in [0.5, 0.6) is 0 Å². The van der Waals surface area contributed by atoms with Crippen molar-refractivity contribution >= 4 is 40.6 Å². The number of amides is 1. The number of carbonyl (C=O) groups is 1. The van der Waals surface area contributed by atoms with Gasteiger partial charge in [0.15, 0.2) is 11.0 Å². The van der Waals surface area contributed by atoms with Crippen LogP contribution in [-0.4, -0.2) is 37.4 Å². The molecule has 0 radical (unpaired) electrons. The number of nitrogens with zero attached hydrogens (tertiary/aromatic N) is 4. The maximum atomic E-state index is 12.9. The highest BCUT2D eigenvalue weighted by Gasteiger charge is 2.27. The monoisotopic (exact) mass is 418 g/mol. The zero-order valence-corrected chi connectivity index (χ0v) is 17.4. The van der Waals surface area contributed by atoms with Crippen molar-refractivity contribution in [2.75, 3.05) is 6.54 Å². The molecule has 0 bridgehead atoms. The van der Waals surface area contributed by atoms with Crippen LogP contribution in [0.4, 0.5) is 0 Å². The van der Waals surface area contributed by atoms with Crippen molar-refractivity contribution in [3.63, 3.8) is 0 Å². The maximum Gasteiger partial charge on any atom is 0.236 e. The molecule has 1 amide bonds. The van der Waals surface area contributed by atoms with Crippen LogP contribution >= 0.6 is 34.7 Å². The zero-order valence-electron chi connectivity index (χ0n) is 15.1. The molecule has 1 unspecified atom stereocenters. The van der Waals surface area contributed by atoms with E-state index in [2.05, 4.69) is 21.6 Å². The molecule has 2 aromatic heterocycles. The van der Waals surface area contributed by atoms with Gasteiger partial charge in [-0.15, -0.1) is 21.5 Å². The van der Waals surface area contributed by atoms with Gasteiger partial charge in [-0.25, -0.2) is 0 Å². The van der Waals surface area contributed by atoms with Crippen molar-refractivity contribution in [3.8, 4) is 11.4 Å². The summed E-state index contributed by atoms with van der Waals surface area (Å²) >= 11 is 9.19. The van der Waals surface area contributed by atoms with Crippen LogP contribution in [0.1, 0.15) is 17.4 Å². The van der Waals surface area contributed by atoms with Crippen molar-refractivity contribution in [3.05, 3.63) is 51.2 Å². The second kappa shape index (κ2) is 7.66. The van der Waals surface area contributed by atoms with Crippen LogP contribution in [0, 0.1) is 0 Å². The van der Waals surface area contributed by atoms with Crippen LogP contribution in [0.2, 0.25) is 5.02 Å². The molecule has 27 heavy (non-hydrogen) atoms. The van der Waals surface area contributed by atoms with E-state index in [1.165, 1.54) is 22.2 Å². The molecule has 0 spiro atoms. The quantitative estimate of drug-likeness (QED) is 0.594. The summed E-state index contributed by atoms with van der Waals surface area (Å²) < 4.78 is 1.92. The van der Waals surface area contributed by atoms with Gasteiger partial charge in [0, 0.05) is 35.6 Å². The number of hydrogen-bond acceptors (Lipinski definition) is 5. The second-order valence-corrected chi connectivity index (χ2v) is 9.26. The third-order valence-electron chi connectivity index (χ3n) is 4.69. The summed E-state index contributed by atoms with van der Waals surface area (Å²) in [4.78, 5) is 16.2. The number of fused-ring (bicyclic) bond motifs is 1. The SMILES string of the molecule is CC(Sc1nnc(-c2ccc(Cl)cc2)n1C)C(=O)N1CCc2sccc2C1. The topological polar surface area (TPSA) is 51.0 Å². The highest BCUT2D eigenvalue weighted by Crippen LogP contribution is 2.29. The first-order valence-electron chi connectivity index (χ1n) is 8.69. The van der Waals surface area contributed by atoms with Gasteiger partial charge in [0.25, 0.3) is 0 Å². The number of halogens is 1. The number of thiophene rings is 1. The Hall–Kier alpha value is -1.83. The lowest BCUT2D eigenvalue weighted by Crippen LogP contribution is -2.39. The molecule has 0 aliphatic carbocycles. The Kier molecular flexibility index (Phi) is 5.25. The fourth-order valence-electron chi connectivity index (χ4n) is 3.17. The van der Waals surface area contributed by atoms with Crippen LogP contribution in [-0.2, 0) is 24.8 Å². The van der Waals surface area contributed by atoms with E-state index in [1.807, 2.05) is 47.7 Å². The minimum atomic E-state index is -0.217. The predicted molar refractivity (Wildman–Crippen MR) is 110 cm³/mol. The summed E-state index contributed by atoms with van der Waals surface area (Å²) in [6, 6.07) is 9.63. The van der Waals surface area contributed by atoms with Gasteiger partial charge >= 0.3 is 0 Å². The van der Waals surface area contributed by atoms with E-state index in [9.17, 15) is 4.79 Å². The van der Waals surface area contributed by atoms with E-state index in [0.29, 0.717) is 11.6 Å². The maximum absolute atomic E-state index is 12.9. The zero-order chi connectivity index (χ0) is 19.0. The molecule has 3 heterocycles. The Balaban J connectivity index is 1.46. The minimum Gasteiger partial charge on any atom is -0.337 e. The van der Waals surface area contributed by atoms with Gasteiger partial charge in [0.2, 0.25) is 5.91 Å². The summed E-state index contributed by atoms with van der Waals surface area (Å²) in [7, 11) is 1.92. The average molecular weight is 419 g/mol. The molecule has 1 aromatic carbocycles. The minimum absolute atomic E-state index is 0.146. The summed E-state index contributed by atoms with van der Waals surface area (Å²) in [5.74, 6) is 0.905. The molecule has 8 heteroatoms. The van der Waals surface area contributed by atoms with Crippen LogP contribution in [0.25, 0.3) is 11.4 Å². The lowest BCUT2D eigenvalue weighted by atomic mass is 10.1. The van der Waals surface area contributed by atoms with E-state index in [-0.39, 0.29) is 11.2 Å². The van der Waals surface area contributed by atoms with Gasteiger partial charge in [-0.3, -0.25) is 4.79 Å². The number of aromatic nitrogens is 3. The van der Waals surface area contributed by atoms with Crippen LogP contribution < -0.4 is 0 Å². The van der Waals surface area contributed by atoms with Crippen molar-refractivity contribution in [1.82, 2.24) is 19.7 Å². The number of carbonyl (C=O) groups excluding carboxylic acids is 1. The molecule has 0 saturated carbocycles. The Bertz CT molecular complexity index is 967. The Labute approximate surface area is 171 Å². The molecular weight excluding hydrogens is 400 g/mol. The third-order valence-corrected chi connectivity index (χ3v) is 7.08. The summed E-state index contributed by atoms with van der Waals surface area (Å²) in [5, 5.41) is 11.9. The Morgan fingerprint density at radius 1 is 1.26 bits per heavy atom. The normalized spacial score (nSPS) is 14.9. The number of rotatable bonds is 4. The lowest BCUT2D eigenvalue weighted by Gasteiger charge is -2.29. The van der Waals surface area contributed by atoms with Gasteiger partial charge in [0.05, 0.1) is 5.25 Å². The molecule has 0 fully saturated rings. The molecular formula is C19H19ClN4OS2. The average Bonchev–Trinajstić information content (AvgIpc) is 3.28. The first-order chi connectivity index (χ1) is 13.0. The van der Waals surface area contributed by atoms with E-state index in [4.69, 9.17) is 11.6 Å². The van der Waals surface area contributed by atoms with Crippen molar-refractivity contribution in [2.45, 2.75) is 30.3 Å². The number of hydrogen-bond donors (Lipinski definition) is 0. The Morgan fingerprint density at radius 2 is 2.04 bits per heavy atom. The summed E-state index contributed by atoms with van der Waals surface area (Å²) in [6.45, 7) is 3.43. The molecule has 1 aliphatic heterocycles. The van der Waals surface area contributed by atoms with Gasteiger partial charge in [-0.05, 0) is 54.6 Å². The van der Waals surface area contributed by atoms with Crippen molar-refractivity contribution < 1.29 is 4.79 Å². The number of thioether (sulfide) groups is 1. The highest BCUT2D eigenvalue weighted by atomic mass is 35.5. The van der Waals surface area contributed by atoms with E-state index in [0.717, 1.165) is 29.5 Å². The fourth-order valence-corrected chi connectivity index (χ4v) is 5.08. The highest BCUT2D eigenvalue weighted by molar-refractivity contribution is 8.00. The molecule has 140 valence electrons. The van der Waals surface area contributed by atoms with E-state index >= 15 is 0 Å². The van der Waals surface area contributed by atoms with Gasteiger partial charge in [0.1, 0.15) is 0 Å². The van der Waals surface area contributed by atoms with Crippen molar-refractivity contribution in [2.24, 2.45) is 7.05 Å². The molecule has 0 N–H and O–H groups in total. The third kappa shape index (κ3) is 3.77. The molecule has 5 nitrogen and oxygen atoms in total.